The molecule has 1 heterocycles. The topological polar surface area (TPSA) is 67.9 Å². The lowest BCUT2D eigenvalue weighted by Gasteiger charge is -2.31. The zero-order valence-corrected chi connectivity index (χ0v) is 16.7. The van der Waals surface area contributed by atoms with Gasteiger partial charge in [0.15, 0.2) is 6.61 Å². The fourth-order valence-corrected chi connectivity index (χ4v) is 3.19. The van der Waals surface area contributed by atoms with Gasteiger partial charge in [-0.25, -0.2) is 9.18 Å². The summed E-state index contributed by atoms with van der Waals surface area (Å²) in [7, 11) is 0. The third-order valence-corrected chi connectivity index (χ3v) is 4.75. The Kier molecular flexibility index (Phi) is 7.01. The molecule has 0 unspecified atom stereocenters. The lowest BCUT2D eigenvalue weighted by Crippen LogP contribution is -2.37. The first-order chi connectivity index (χ1) is 14.6. The molecule has 166 valence electrons. The van der Waals surface area contributed by atoms with Gasteiger partial charge in [0.05, 0.1) is 40.7 Å². The van der Waals surface area contributed by atoms with E-state index in [1.807, 2.05) is 0 Å². The maximum atomic E-state index is 13.1. The van der Waals surface area contributed by atoms with Gasteiger partial charge in [0, 0.05) is 13.1 Å². The van der Waals surface area contributed by atoms with Gasteiger partial charge in [-0.3, -0.25) is 4.79 Å². The highest BCUT2D eigenvalue weighted by atomic mass is 35.5. The van der Waals surface area contributed by atoms with Crippen molar-refractivity contribution >= 4 is 34.9 Å². The van der Waals surface area contributed by atoms with Crippen LogP contribution in [0.4, 0.5) is 28.9 Å². The first-order valence-electron chi connectivity index (χ1n) is 9.11. The van der Waals surface area contributed by atoms with Crippen molar-refractivity contribution in [3.05, 3.63) is 58.4 Å². The Balaban J connectivity index is 1.73. The Morgan fingerprint density at radius 1 is 1.13 bits per heavy atom. The minimum Gasteiger partial charge on any atom is -0.452 e. The number of rotatable bonds is 5. The average Bonchev–Trinajstić information content (AvgIpc) is 2.72. The maximum Gasteiger partial charge on any atom is 0.416 e. The Morgan fingerprint density at radius 3 is 2.48 bits per heavy atom. The predicted molar refractivity (Wildman–Crippen MR) is 105 cm³/mol. The summed E-state index contributed by atoms with van der Waals surface area (Å²) in [6.07, 6.45) is -4.60. The number of benzene rings is 2. The van der Waals surface area contributed by atoms with E-state index in [0.717, 1.165) is 30.3 Å². The molecule has 11 heteroatoms. The van der Waals surface area contributed by atoms with E-state index >= 15 is 0 Å². The summed E-state index contributed by atoms with van der Waals surface area (Å²) in [4.78, 5) is 26.1. The number of carbonyl (C=O) groups is 2. The number of alkyl halides is 3. The highest BCUT2D eigenvalue weighted by molar-refractivity contribution is 6.33. The van der Waals surface area contributed by atoms with Gasteiger partial charge in [0.25, 0.3) is 5.91 Å². The quantitative estimate of drug-likeness (QED) is 0.537. The summed E-state index contributed by atoms with van der Waals surface area (Å²) in [6, 6.07) is 6.03. The van der Waals surface area contributed by atoms with Crippen LogP contribution in [0.15, 0.2) is 36.4 Å². The van der Waals surface area contributed by atoms with Crippen LogP contribution < -0.4 is 10.2 Å². The highest BCUT2D eigenvalue weighted by Crippen LogP contribution is 2.35. The minimum atomic E-state index is -4.60. The highest BCUT2D eigenvalue weighted by Gasteiger charge is 2.32. The van der Waals surface area contributed by atoms with Gasteiger partial charge in [-0.15, -0.1) is 0 Å². The van der Waals surface area contributed by atoms with Gasteiger partial charge >= 0.3 is 12.1 Å². The second-order valence-electron chi connectivity index (χ2n) is 6.58. The van der Waals surface area contributed by atoms with Crippen molar-refractivity contribution in [3.8, 4) is 0 Å². The Hall–Kier alpha value is -2.85. The van der Waals surface area contributed by atoms with E-state index in [-0.39, 0.29) is 16.3 Å². The van der Waals surface area contributed by atoms with Crippen LogP contribution in [0.2, 0.25) is 5.02 Å². The molecule has 1 saturated heterocycles. The summed E-state index contributed by atoms with van der Waals surface area (Å²) >= 11 is 5.77. The SMILES string of the molecule is O=C(COC(=O)c1ccc(F)cc1Cl)Nc1cc(C(F)(F)F)ccc1N1CCOCC1. The van der Waals surface area contributed by atoms with E-state index in [9.17, 15) is 27.2 Å². The van der Waals surface area contributed by atoms with E-state index in [4.69, 9.17) is 21.1 Å². The molecule has 0 aromatic heterocycles. The number of morpholine rings is 1. The van der Waals surface area contributed by atoms with Gasteiger partial charge in [-0.05, 0) is 36.4 Å². The Labute approximate surface area is 179 Å². The maximum absolute atomic E-state index is 13.1. The number of amides is 1. The molecule has 0 spiro atoms. The third-order valence-electron chi connectivity index (χ3n) is 4.44. The van der Waals surface area contributed by atoms with Crippen molar-refractivity contribution in [2.24, 2.45) is 0 Å². The molecule has 0 atom stereocenters. The number of hydrogen-bond donors (Lipinski definition) is 1. The molecule has 0 bridgehead atoms. The fraction of sp³-hybridized carbons (Fsp3) is 0.300. The Bertz CT molecular complexity index is 978. The number of anilines is 2. The van der Waals surface area contributed by atoms with Gasteiger partial charge in [0.1, 0.15) is 5.82 Å². The summed E-state index contributed by atoms with van der Waals surface area (Å²) < 4.78 is 62.6. The van der Waals surface area contributed by atoms with Crippen LogP contribution in [-0.4, -0.2) is 44.8 Å². The van der Waals surface area contributed by atoms with E-state index in [0.29, 0.717) is 32.0 Å². The van der Waals surface area contributed by atoms with Crippen molar-refractivity contribution in [1.82, 2.24) is 0 Å². The van der Waals surface area contributed by atoms with Crippen molar-refractivity contribution in [2.45, 2.75) is 6.18 Å². The zero-order chi connectivity index (χ0) is 22.6. The standard InChI is InChI=1S/C20H17ClF4N2O4/c21-15-10-13(22)2-3-14(15)19(29)31-11-18(28)26-16-9-12(20(23,24)25)1-4-17(16)27-5-7-30-8-6-27/h1-4,9-10H,5-8,11H2,(H,26,28). The summed E-state index contributed by atoms with van der Waals surface area (Å²) in [5.74, 6) is -2.47. The van der Waals surface area contributed by atoms with Gasteiger partial charge in [-0.2, -0.15) is 13.2 Å². The molecule has 1 amide bonds. The van der Waals surface area contributed by atoms with Crippen LogP contribution in [-0.2, 0) is 20.4 Å². The summed E-state index contributed by atoms with van der Waals surface area (Å²) in [5, 5.41) is 2.16. The van der Waals surface area contributed by atoms with Crippen LogP contribution in [0.25, 0.3) is 0 Å². The first-order valence-corrected chi connectivity index (χ1v) is 9.49. The number of hydrogen-bond acceptors (Lipinski definition) is 5. The van der Waals surface area contributed by atoms with E-state index in [2.05, 4.69) is 5.32 Å². The lowest BCUT2D eigenvalue weighted by atomic mass is 10.1. The van der Waals surface area contributed by atoms with Crippen molar-refractivity contribution in [3.63, 3.8) is 0 Å². The fourth-order valence-electron chi connectivity index (χ4n) is 2.94. The number of ether oxygens (including phenoxy) is 2. The van der Waals surface area contributed by atoms with Crippen molar-refractivity contribution in [1.29, 1.82) is 0 Å². The van der Waals surface area contributed by atoms with Crippen LogP contribution >= 0.6 is 11.6 Å². The minimum absolute atomic E-state index is 0.0717. The third kappa shape index (κ3) is 5.86. The Morgan fingerprint density at radius 2 is 1.84 bits per heavy atom. The first kappa shape index (κ1) is 22.8. The molecule has 2 aromatic rings. The molecule has 6 nitrogen and oxygen atoms in total. The molecule has 2 aromatic carbocycles. The second kappa shape index (κ2) is 9.52. The van der Waals surface area contributed by atoms with Crippen LogP contribution in [0.5, 0.6) is 0 Å². The molecule has 1 fully saturated rings. The number of nitrogens with one attached hydrogen (secondary N) is 1. The number of carbonyl (C=O) groups excluding carboxylic acids is 2. The molecule has 0 radical (unpaired) electrons. The number of halogens is 5. The largest absolute Gasteiger partial charge is 0.452 e. The summed E-state index contributed by atoms with van der Waals surface area (Å²) in [5.41, 5.74) is -0.769. The number of nitrogens with zero attached hydrogens (tertiary/aromatic N) is 1. The smallest absolute Gasteiger partial charge is 0.416 e. The van der Waals surface area contributed by atoms with E-state index in [1.165, 1.54) is 6.07 Å². The zero-order valence-electron chi connectivity index (χ0n) is 16.0. The molecular weight excluding hydrogens is 444 g/mol. The van der Waals surface area contributed by atoms with Crippen LogP contribution in [0, 0.1) is 5.82 Å². The predicted octanol–water partition coefficient (Wildman–Crippen LogP) is 4.13. The van der Waals surface area contributed by atoms with E-state index in [1.54, 1.807) is 4.90 Å². The normalized spacial score (nSPS) is 14.3. The molecule has 0 saturated carbocycles. The number of esters is 1. The molecule has 31 heavy (non-hydrogen) atoms. The van der Waals surface area contributed by atoms with Gasteiger partial charge in [0.2, 0.25) is 0 Å². The van der Waals surface area contributed by atoms with Crippen LogP contribution in [0.1, 0.15) is 15.9 Å². The molecule has 3 rings (SSSR count). The summed E-state index contributed by atoms with van der Waals surface area (Å²) in [6.45, 7) is 0.888. The van der Waals surface area contributed by atoms with Crippen LogP contribution in [0.3, 0.4) is 0 Å². The lowest BCUT2D eigenvalue weighted by molar-refractivity contribution is -0.137. The molecule has 1 N–H and O–H groups in total. The molecule has 0 aliphatic carbocycles. The van der Waals surface area contributed by atoms with Gasteiger partial charge in [-0.1, -0.05) is 11.6 Å². The van der Waals surface area contributed by atoms with Crippen molar-refractivity contribution in [2.75, 3.05) is 43.1 Å². The molecule has 1 aliphatic rings. The monoisotopic (exact) mass is 460 g/mol. The average molecular weight is 461 g/mol. The molecular formula is C20H17ClF4N2O4. The second-order valence-corrected chi connectivity index (χ2v) is 6.98. The van der Waals surface area contributed by atoms with Gasteiger partial charge < -0.3 is 19.7 Å². The molecule has 1 aliphatic heterocycles. The van der Waals surface area contributed by atoms with Crippen molar-refractivity contribution < 1.29 is 36.6 Å². The van der Waals surface area contributed by atoms with E-state index < -0.39 is 36.0 Å².